The standard InChI is InChI=1S/C22H16O4/c23-12-11-14-3-1-5-17-19(14)21(25)18-6-2-4-16(20(18)22(17)26)13-7-9-15(24)10-8-13/h1-10,23-24H,11-12H2. The maximum absolute atomic E-state index is 13.2. The van der Waals surface area contributed by atoms with Gasteiger partial charge in [-0.3, -0.25) is 9.59 Å². The van der Waals surface area contributed by atoms with Gasteiger partial charge in [0.2, 0.25) is 0 Å². The summed E-state index contributed by atoms with van der Waals surface area (Å²) in [6.45, 7) is -0.0850. The molecule has 4 nitrogen and oxygen atoms in total. The highest BCUT2D eigenvalue weighted by Crippen LogP contribution is 2.36. The first-order valence-electron chi connectivity index (χ1n) is 8.36. The molecule has 0 saturated heterocycles. The van der Waals surface area contributed by atoms with Crippen molar-refractivity contribution in [3.8, 4) is 16.9 Å². The number of rotatable bonds is 3. The van der Waals surface area contributed by atoms with Crippen molar-refractivity contribution < 1.29 is 19.8 Å². The molecule has 2 N–H and O–H groups in total. The quantitative estimate of drug-likeness (QED) is 0.597. The van der Waals surface area contributed by atoms with Crippen LogP contribution in [0.15, 0.2) is 60.7 Å². The zero-order valence-corrected chi connectivity index (χ0v) is 13.9. The van der Waals surface area contributed by atoms with E-state index < -0.39 is 0 Å². The Kier molecular flexibility index (Phi) is 3.90. The van der Waals surface area contributed by atoms with Crippen LogP contribution in [-0.4, -0.2) is 28.4 Å². The van der Waals surface area contributed by atoms with Crippen LogP contribution in [0.3, 0.4) is 0 Å². The van der Waals surface area contributed by atoms with Gasteiger partial charge in [-0.1, -0.05) is 48.5 Å². The summed E-state index contributed by atoms with van der Waals surface area (Å²) in [4.78, 5) is 26.3. The Morgan fingerprint density at radius 2 is 1.27 bits per heavy atom. The Labute approximate surface area is 150 Å². The predicted octanol–water partition coefficient (Wildman–Crippen LogP) is 3.37. The van der Waals surface area contributed by atoms with Gasteiger partial charge in [-0.15, -0.1) is 0 Å². The first-order valence-corrected chi connectivity index (χ1v) is 8.36. The number of aliphatic hydroxyl groups is 1. The first-order chi connectivity index (χ1) is 12.6. The molecule has 0 aromatic heterocycles. The molecule has 128 valence electrons. The topological polar surface area (TPSA) is 74.6 Å². The van der Waals surface area contributed by atoms with Gasteiger partial charge in [0.25, 0.3) is 0 Å². The van der Waals surface area contributed by atoms with Crippen molar-refractivity contribution in [3.05, 3.63) is 88.5 Å². The molecule has 26 heavy (non-hydrogen) atoms. The minimum absolute atomic E-state index is 0.0850. The predicted molar refractivity (Wildman–Crippen MR) is 97.6 cm³/mol. The number of benzene rings is 3. The summed E-state index contributed by atoms with van der Waals surface area (Å²) in [6, 6.07) is 16.9. The SMILES string of the molecule is O=C1c2cccc(-c3ccc(O)cc3)c2C(=O)c2cccc(CCO)c21. The fraction of sp³-hybridized carbons (Fsp3) is 0.0909. The minimum Gasteiger partial charge on any atom is -0.508 e. The second-order valence-electron chi connectivity index (χ2n) is 6.25. The maximum atomic E-state index is 13.2. The van der Waals surface area contributed by atoms with Gasteiger partial charge in [0.15, 0.2) is 11.6 Å². The molecule has 0 saturated carbocycles. The molecule has 0 atom stereocenters. The molecule has 0 radical (unpaired) electrons. The highest BCUT2D eigenvalue weighted by molar-refractivity contribution is 6.30. The molecule has 3 aromatic carbocycles. The van der Waals surface area contributed by atoms with E-state index in [0.717, 1.165) is 5.56 Å². The summed E-state index contributed by atoms with van der Waals surface area (Å²) < 4.78 is 0. The lowest BCUT2D eigenvalue weighted by atomic mass is 9.78. The van der Waals surface area contributed by atoms with Crippen molar-refractivity contribution in [2.24, 2.45) is 0 Å². The molecule has 1 aliphatic carbocycles. The molecule has 0 fully saturated rings. The van der Waals surface area contributed by atoms with Gasteiger partial charge < -0.3 is 10.2 Å². The van der Waals surface area contributed by atoms with E-state index in [1.54, 1.807) is 60.7 Å². The molecular weight excluding hydrogens is 328 g/mol. The van der Waals surface area contributed by atoms with Crippen LogP contribution >= 0.6 is 0 Å². The first kappa shape index (κ1) is 16.2. The molecule has 0 amide bonds. The fourth-order valence-corrected chi connectivity index (χ4v) is 3.52. The Bertz CT molecular complexity index is 1030. The van der Waals surface area contributed by atoms with Gasteiger partial charge in [-0.2, -0.15) is 0 Å². The molecule has 4 rings (SSSR count). The van der Waals surface area contributed by atoms with Crippen molar-refractivity contribution in [3.63, 3.8) is 0 Å². The zero-order valence-electron chi connectivity index (χ0n) is 13.9. The highest BCUT2D eigenvalue weighted by Gasteiger charge is 2.33. The average Bonchev–Trinajstić information content (AvgIpc) is 2.66. The van der Waals surface area contributed by atoms with Crippen LogP contribution in [0.5, 0.6) is 5.75 Å². The molecule has 0 bridgehead atoms. The van der Waals surface area contributed by atoms with Gasteiger partial charge >= 0.3 is 0 Å². The van der Waals surface area contributed by atoms with Crippen molar-refractivity contribution in [1.82, 2.24) is 0 Å². The number of phenolic OH excluding ortho intramolecular Hbond substituents is 1. The molecule has 3 aromatic rings. The average molecular weight is 344 g/mol. The third kappa shape index (κ3) is 2.43. The van der Waals surface area contributed by atoms with Crippen LogP contribution in [0.1, 0.15) is 37.4 Å². The molecule has 0 spiro atoms. The lowest BCUT2D eigenvalue weighted by Gasteiger charge is -2.22. The van der Waals surface area contributed by atoms with Crippen molar-refractivity contribution >= 4 is 11.6 Å². The third-order valence-corrected chi connectivity index (χ3v) is 4.72. The Morgan fingerprint density at radius 3 is 1.96 bits per heavy atom. The molecular formula is C22H16O4. The number of ketones is 2. The summed E-state index contributed by atoms with van der Waals surface area (Å²) in [6.07, 6.45) is 0.329. The number of hydrogen-bond acceptors (Lipinski definition) is 4. The van der Waals surface area contributed by atoms with Crippen LogP contribution in [0, 0.1) is 0 Å². The summed E-state index contributed by atoms with van der Waals surface area (Å²) in [5.74, 6) is -0.253. The van der Waals surface area contributed by atoms with E-state index in [2.05, 4.69) is 0 Å². The minimum atomic E-state index is -0.196. The van der Waals surface area contributed by atoms with Crippen molar-refractivity contribution in [2.75, 3.05) is 6.61 Å². The lowest BCUT2D eigenvalue weighted by Crippen LogP contribution is -2.23. The zero-order chi connectivity index (χ0) is 18.3. The van der Waals surface area contributed by atoms with Gasteiger partial charge in [0, 0.05) is 28.9 Å². The van der Waals surface area contributed by atoms with Crippen molar-refractivity contribution in [1.29, 1.82) is 0 Å². The lowest BCUT2D eigenvalue weighted by molar-refractivity contribution is 0.0978. The second-order valence-corrected chi connectivity index (χ2v) is 6.25. The third-order valence-electron chi connectivity index (χ3n) is 4.72. The summed E-state index contributed by atoms with van der Waals surface area (Å²) in [5, 5.41) is 18.8. The van der Waals surface area contributed by atoms with Crippen LogP contribution in [0.4, 0.5) is 0 Å². The van der Waals surface area contributed by atoms with Crippen molar-refractivity contribution in [2.45, 2.75) is 6.42 Å². The maximum Gasteiger partial charge on any atom is 0.195 e. The van der Waals surface area contributed by atoms with E-state index in [0.29, 0.717) is 39.8 Å². The van der Waals surface area contributed by atoms with E-state index in [9.17, 15) is 19.8 Å². The monoisotopic (exact) mass is 344 g/mol. The Balaban J connectivity index is 1.95. The molecule has 0 aliphatic heterocycles. The Hall–Kier alpha value is -3.24. The molecule has 0 heterocycles. The largest absolute Gasteiger partial charge is 0.508 e. The summed E-state index contributed by atoms with van der Waals surface area (Å²) in [7, 11) is 0. The normalized spacial score (nSPS) is 12.7. The van der Waals surface area contributed by atoms with Crippen LogP contribution < -0.4 is 0 Å². The van der Waals surface area contributed by atoms with Gasteiger partial charge in [0.1, 0.15) is 5.75 Å². The number of carbonyl (C=O) groups excluding carboxylic acids is 2. The molecule has 0 unspecified atom stereocenters. The Morgan fingerprint density at radius 1 is 0.692 bits per heavy atom. The van der Waals surface area contributed by atoms with Gasteiger partial charge in [-0.25, -0.2) is 0 Å². The highest BCUT2D eigenvalue weighted by atomic mass is 16.3. The number of aromatic hydroxyl groups is 1. The number of phenols is 1. The van der Waals surface area contributed by atoms with E-state index in [1.165, 1.54) is 0 Å². The number of carbonyl (C=O) groups is 2. The van der Waals surface area contributed by atoms with Crippen LogP contribution in [0.25, 0.3) is 11.1 Å². The summed E-state index contributed by atoms with van der Waals surface area (Å²) >= 11 is 0. The van der Waals surface area contributed by atoms with Crippen LogP contribution in [0.2, 0.25) is 0 Å². The van der Waals surface area contributed by atoms with E-state index >= 15 is 0 Å². The molecule has 4 heteroatoms. The van der Waals surface area contributed by atoms with E-state index in [1.807, 2.05) is 0 Å². The van der Waals surface area contributed by atoms with Gasteiger partial charge in [-0.05, 0) is 35.2 Å². The number of fused-ring (bicyclic) bond motifs is 2. The number of hydrogen-bond donors (Lipinski definition) is 2. The van der Waals surface area contributed by atoms with E-state index in [-0.39, 0.29) is 23.9 Å². The smallest absolute Gasteiger partial charge is 0.195 e. The fourth-order valence-electron chi connectivity index (χ4n) is 3.52. The second kappa shape index (κ2) is 6.24. The van der Waals surface area contributed by atoms with Crippen LogP contribution in [-0.2, 0) is 6.42 Å². The summed E-state index contributed by atoms with van der Waals surface area (Å²) in [5.41, 5.74) is 3.63. The number of aliphatic hydroxyl groups excluding tert-OH is 1. The van der Waals surface area contributed by atoms with E-state index in [4.69, 9.17) is 0 Å². The molecule has 1 aliphatic rings. The van der Waals surface area contributed by atoms with Gasteiger partial charge in [0.05, 0.1) is 0 Å².